The lowest BCUT2D eigenvalue weighted by Crippen LogP contribution is -2.13. The van der Waals surface area contributed by atoms with Crippen LogP contribution >= 0.6 is 0 Å². The molecule has 6 heteroatoms. The van der Waals surface area contributed by atoms with Crippen LogP contribution in [0.15, 0.2) is 41.6 Å². The van der Waals surface area contributed by atoms with E-state index in [9.17, 15) is 4.21 Å². The number of nitrogens with zero attached hydrogens (tertiary/aromatic N) is 2. The average molecular weight is 250 g/mol. The van der Waals surface area contributed by atoms with Gasteiger partial charge >= 0.3 is 0 Å². The smallest absolute Gasteiger partial charge is 0.132 e. The van der Waals surface area contributed by atoms with E-state index in [-0.39, 0.29) is 0 Å². The first-order chi connectivity index (χ1) is 7.98. The van der Waals surface area contributed by atoms with E-state index in [0.717, 1.165) is 11.4 Å². The zero-order valence-corrected chi connectivity index (χ0v) is 10.3. The number of hydrogen-bond donors (Lipinski definition) is 2. The van der Waals surface area contributed by atoms with E-state index in [1.807, 2.05) is 29.9 Å². The van der Waals surface area contributed by atoms with Gasteiger partial charge in [0.15, 0.2) is 0 Å². The summed E-state index contributed by atoms with van der Waals surface area (Å²) in [5.74, 6) is 0.848. The number of benzene rings is 1. The van der Waals surface area contributed by atoms with Crippen LogP contribution in [-0.2, 0) is 23.4 Å². The fourth-order valence-electron chi connectivity index (χ4n) is 1.68. The maximum atomic E-state index is 11.6. The summed E-state index contributed by atoms with van der Waals surface area (Å²) in [5.41, 5.74) is 0.782. The minimum atomic E-state index is -3.19. The molecule has 1 aromatic carbocycles. The Balaban J connectivity index is 2.44. The summed E-state index contributed by atoms with van der Waals surface area (Å²) in [5, 5.41) is 5.39. The van der Waals surface area contributed by atoms with E-state index in [1.54, 1.807) is 18.3 Å². The Morgan fingerprint density at radius 2 is 2.18 bits per heavy atom. The van der Waals surface area contributed by atoms with Gasteiger partial charge in [-0.1, -0.05) is 18.2 Å². The van der Waals surface area contributed by atoms with E-state index in [1.165, 1.54) is 0 Å². The van der Waals surface area contributed by atoms with Gasteiger partial charge in [0.2, 0.25) is 0 Å². The van der Waals surface area contributed by atoms with Crippen molar-refractivity contribution in [2.75, 3.05) is 0 Å². The van der Waals surface area contributed by atoms with E-state index in [4.69, 9.17) is 9.92 Å². The normalized spacial score (nSPS) is 14.5. The summed E-state index contributed by atoms with van der Waals surface area (Å²) in [6, 6.07) is 7.03. The fraction of sp³-hybridized carbons (Fsp3) is 0.182. The molecule has 90 valence electrons. The highest BCUT2D eigenvalue weighted by Crippen LogP contribution is 2.17. The average Bonchev–Trinajstić information content (AvgIpc) is 2.64. The van der Waals surface area contributed by atoms with E-state index >= 15 is 0 Å². The quantitative estimate of drug-likeness (QED) is 0.860. The van der Waals surface area contributed by atoms with Crippen LogP contribution in [0.25, 0.3) is 0 Å². The largest absolute Gasteiger partial charge is 0.338 e. The Labute approximate surface area is 100 Å². The van der Waals surface area contributed by atoms with Crippen LogP contribution in [0.3, 0.4) is 0 Å². The second-order valence-corrected chi connectivity index (χ2v) is 5.48. The standard InChI is InChI=1S/C11H14N4OS/c1-15-7-6-14-11(15)8-9-4-2-3-5-10(9)17(12,13)16/h2-7H,8H2,1H3,(H3,12,13,16). The van der Waals surface area contributed by atoms with Gasteiger partial charge in [-0.25, -0.2) is 19.1 Å². The third-order valence-corrected chi connectivity index (χ3v) is 3.62. The van der Waals surface area contributed by atoms with E-state index < -0.39 is 9.92 Å². The lowest BCUT2D eigenvalue weighted by atomic mass is 10.1. The summed E-state index contributed by atoms with van der Waals surface area (Å²) >= 11 is 0. The van der Waals surface area contributed by atoms with E-state index in [0.29, 0.717) is 11.3 Å². The highest BCUT2D eigenvalue weighted by molar-refractivity contribution is 7.90. The number of nitrogens with one attached hydrogen (secondary N) is 1. The van der Waals surface area contributed by atoms with Gasteiger partial charge in [-0.15, -0.1) is 0 Å². The van der Waals surface area contributed by atoms with Gasteiger partial charge in [0.25, 0.3) is 0 Å². The Morgan fingerprint density at radius 1 is 1.47 bits per heavy atom. The molecule has 1 atom stereocenters. The maximum Gasteiger partial charge on any atom is 0.132 e. The molecule has 0 amide bonds. The molecule has 0 fully saturated rings. The molecular weight excluding hydrogens is 236 g/mol. The molecule has 3 N–H and O–H groups in total. The lowest BCUT2D eigenvalue weighted by molar-refractivity contribution is 0.675. The number of rotatable bonds is 3. The zero-order valence-electron chi connectivity index (χ0n) is 9.46. The van der Waals surface area contributed by atoms with Gasteiger partial charge in [-0.2, -0.15) is 0 Å². The third kappa shape index (κ3) is 2.54. The first kappa shape index (κ1) is 11.8. The van der Waals surface area contributed by atoms with Crippen molar-refractivity contribution in [3.05, 3.63) is 48.0 Å². The van der Waals surface area contributed by atoms with Crippen molar-refractivity contribution < 1.29 is 4.21 Å². The van der Waals surface area contributed by atoms with Gasteiger partial charge in [-0.3, -0.25) is 0 Å². The number of aromatic nitrogens is 2. The van der Waals surface area contributed by atoms with Crippen molar-refractivity contribution in [2.45, 2.75) is 11.3 Å². The molecule has 0 aliphatic carbocycles. The number of aryl methyl sites for hydroxylation is 1. The molecule has 0 aliphatic rings. The second kappa shape index (κ2) is 4.31. The van der Waals surface area contributed by atoms with Crippen LogP contribution in [0.2, 0.25) is 0 Å². The van der Waals surface area contributed by atoms with Crippen molar-refractivity contribution >= 4 is 9.92 Å². The highest BCUT2D eigenvalue weighted by atomic mass is 32.2. The molecule has 17 heavy (non-hydrogen) atoms. The third-order valence-electron chi connectivity index (χ3n) is 2.57. The summed E-state index contributed by atoms with van der Waals surface area (Å²) in [4.78, 5) is 4.58. The van der Waals surface area contributed by atoms with Crippen LogP contribution in [0, 0.1) is 4.78 Å². The maximum absolute atomic E-state index is 11.6. The van der Waals surface area contributed by atoms with Crippen molar-refractivity contribution in [2.24, 2.45) is 12.2 Å². The van der Waals surface area contributed by atoms with Crippen molar-refractivity contribution in [3.63, 3.8) is 0 Å². The molecule has 2 aromatic rings. The minimum Gasteiger partial charge on any atom is -0.338 e. The lowest BCUT2D eigenvalue weighted by Gasteiger charge is -2.09. The van der Waals surface area contributed by atoms with Gasteiger partial charge in [-0.05, 0) is 11.6 Å². The number of hydrogen-bond acceptors (Lipinski definition) is 3. The number of imidazole rings is 1. The molecule has 1 heterocycles. The summed E-state index contributed by atoms with van der Waals surface area (Å²) in [6.07, 6.45) is 4.07. The molecule has 0 aliphatic heterocycles. The predicted molar refractivity (Wildman–Crippen MR) is 65.8 cm³/mol. The highest BCUT2D eigenvalue weighted by Gasteiger charge is 2.11. The monoisotopic (exact) mass is 250 g/mol. The molecule has 5 nitrogen and oxygen atoms in total. The molecule has 0 saturated heterocycles. The fourth-order valence-corrected chi connectivity index (χ4v) is 2.49. The first-order valence-electron chi connectivity index (χ1n) is 5.09. The summed E-state index contributed by atoms with van der Waals surface area (Å²) in [6.45, 7) is 0. The minimum absolute atomic E-state index is 0.378. The number of nitrogens with two attached hydrogens (primary N) is 1. The van der Waals surface area contributed by atoms with Gasteiger partial charge in [0.05, 0.1) is 4.90 Å². The molecule has 0 saturated carbocycles. The topological polar surface area (TPSA) is 84.8 Å². The molecule has 1 unspecified atom stereocenters. The van der Waals surface area contributed by atoms with Gasteiger partial charge in [0, 0.05) is 25.9 Å². The Morgan fingerprint density at radius 3 is 2.76 bits per heavy atom. The summed E-state index contributed by atoms with van der Waals surface area (Å²) < 4.78 is 21.0. The Hall–Kier alpha value is -1.66. The van der Waals surface area contributed by atoms with Gasteiger partial charge < -0.3 is 4.57 Å². The molecular formula is C11H14N4OS. The molecule has 0 radical (unpaired) electrons. The SMILES string of the molecule is Cn1ccnc1Cc1ccccc1S(=N)(N)=O. The van der Waals surface area contributed by atoms with Crippen LogP contribution in [0.1, 0.15) is 11.4 Å². The predicted octanol–water partition coefficient (Wildman–Crippen LogP) is 1.29. The van der Waals surface area contributed by atoms with Crippen molar-refractivity contribution in [3.8, 4) is 0 Å². The van der Waals surface area contributed by atoms with E-state index in [2.05, 4.69) is 4.98 Å². The van der Waals surface area contributed by atoms with Crippen LogP contribution in [0.4, 0.5) is 0 Å². The van der Waals surface area contributed by atoms with Crippen molar-refractivity contribution in [1.29, 1.82) is 4.78 Å². The van der Waals surface area contributed by atoms with Gasteiger partial charge in [0.1, 0.15) is 15.7 Å². The molecule has 2 rings (SSSR count). The first-order valence-corrected chi connectivity index (χ1v) is 6.71. The zero-order chi connectivity index (χ0) is 12.5. The molecule has 0 bridgehead atoms. The van der Waals surface area contributed by atoms with Crippen LogP contribution in [0.5, 0.6) is 0 Å². The summed E-state index contributed by atoms with van der Waals surface area (Å²) in [7, 11) is -1.29. The van der Waals surface area contributed by atoms with Crippen molar-refractivity contribution in [1.82, 2.24) is 9.55 Å². The molecule has 0 spiro atoms. The Bertz CT molecular complexity index is 630. The van der Waals surface area contributed by atoms with Crippen LogP contribution < -0.4 is 5.14 Å². The Kier molecular flexibility index (Phi) is 2.99. The van der Waals surface area contributed by atoms with Crippen LogP contribution in [-0.4, -0.2) is 13.8 Å². The molecule has 1 aromatic heterocycles. The second-order valence-electron chi connectivity index (χ2n) is 3.84.